The third-order valence-electron chi connectivity index (χ3n) is 4.52. The van der Waals surface area contributed by atoms with E-state index in [-0.39, 0.29) is 0 Å². The Kier molecular flexibility index (Phi) is 2.96. The number of nitrogens with zero attached hydrogens (tertiary/aromatic N) is 1. The van der Waals surface area contributed by atoms with Crippen molar-refractivity contribution in [2.45, 2.75) is 52.1 Å². The molecule has 1 heteroatoms. The van der Waals surface area contributed by atoms with Crippen molar-refractivity contribution >= 4 is 0 Å². The molecule has 3 rings (SSSR count). The van der Waals surface area contributed by atoms with E-state index in [1.54, 1.807) is 11.1 Å². The van der Waals surface area contributed by atoms with Crippen molar-refractivity contribution in [3.05, 3.63) is 34.9 Å². The van der Waals surface area contributed by atoms with E-state index in [0.29, 0.717) is 0 Å². The van der Waals surface area contributed by atoms with Crippen LogP contribution in [0.2, 0.25) is 0 Å². The normalized spacial score (nSPS) is 29.3. The Labute approximate surface area is 105 Å². The Balaban J connectivity index is 1.87. The van der Waals surface area contributed by atoms with Crippen LogP contribution in [0, 0.1) is 12.8 Å². The lowest BCUT2D eigenvalue weighted by atomic mass is 9.89. The van der Waals surface area contributed by atoms with Gasteiger partial charge in [-0.15, -0.1) is 0 Å². The Morgan fingerprint density at radius 1 is 1.24 bits per heavy atom. The molecule has 0 bridgehead atoms. The van der Waals surface area contributed by atoms with Crippen LogP contribution in [0.3, 0.4) is 0 Å². The summed E-state index contributed by atoms with van der Waals surface area (Å²) in [6.07, 6.45) is 5.48. The second kappa shape index (κ2) is 4.45. The van der Waals surface area contributed by atoms with Crippen molar-refractivity contribution in [3.63, 3.8) is 0 Å². The number of rotatable bonds is 0. The average Bonchev–Trinajstić information content (AvgIpc) is 2.46. The van der Waals surface area contributed by atoms with Gasteiger partial charge in [0.05, 0.1) is 0 Å². The summed E-state index contributed by atoms with van der Waals surface area (Å²) >= 11 is 0. The molecule has 0 aromatic heterocycles. The summed E-state index contributed by atoms with van der Waals surface area (Å²) in [6.45, 7) is 7.13. The lowest BCUT2D eigenvalue weighted by Gasteiger charge is -2.36. The smallest absolute Gasteiger partial charge is 0.0239 e. The Morgan fingerprint density at radius 2 is 2.12 bits per heavy atom. The first kappa shape index (κ1) is 11.3. The van der Waals surface area contributed by atoms with Crippen molar-refractivity contribution in [2.75, 3.05) is 6.54 Å². The van der Waals surface area contributed by atoms with Crippen LogP contribution in [-0.4, -0.2) is 17.5 Å². The van der Waals surface area contributed by atoms with Crippen molar-refractivity contribution < 1.29 is 0 Å². The van der Waals surface area contributed by atoms with Gasteiger partial charge in [0.2, 0.25) is 0 Å². The van der Waals surface area contributed by atoms with Crippen LogP contribution in [0.25, 0.3) is 0 Å². The van der Waals surface area contributed by atoms with Gasteiger partial charge in [0.1, 0.15) is 0 Å². The SMILES string of the molecule is Cc1ccc2c(c1)CN1CCCC(C)CC1C2. The molecule has 2 aliphatic heterocycles. The highest BCUT2D eigenvalue weighted by Gasteiger charge is 2.29. The maximum atomic E-state index is 2.73. The summed E-state index contributed by atoms with van der Waals surface area (Å²) in [4.78, 5) is 2.73. The predicted molar refractivity (Wildman–Crippen MR) is 72.1 cm³/mol. The lowest BCUT2D eigenvalue weighted by Crippen LogP contribution is -2.40. The number of benzene rings is 1. The molecule has 0 spiro atoms. The number of hydrogen-bond acceptors (Lipinski definition) is 1. The second-order valence-electron chi connectivity index (χ2n) is 6.08. The fraction of sp³-hybridized carbons (Fsp3) is 0.625. The quantitative estimate of drug-likeness (QED) is 0.657. The Bertz CT molecular complexity index is 410. The highest BCUT2D eigenvalue weighted by atomic mass is 15.2. The van der Waals surface area contributed by atoms with E-state index in [0.717, 1.165) is 12.0 Å². The van der Waals surface area contributed by atoms with Gasteiger partial charge in [0.15, 0.2) is 0 Å². The molecule has 17 heavy (non-hydrogen) atoms. The van der Waals surface area contributed by atoms with E-state index in [9.17, 15) is 0 Å². The van der Waals surface area contributed by atoms with Crippen molar-refractivity contribution in [1.82, 2.24) is 4.90 Å². The molecule has 0 saturated carbocycles. The Hall–Kier alpha value is -0.820. The summed E-state index contributed by atoms with van der Waals surface area (Å²) in [5.41, 5.74) is 4.59. The van der Waals surface area contributed by atoms with Crippen LogP contribution in [-0.2, 0) is 13.0 Å². The minimum absolute atomic E-state index is 0.808. The van der Waals surface area contributed by atoms with Crippen LogP contribution in [0.4, 0.5) is 0 Å². The van der Waals surface area contributed by atoms with Crippen molar-refractivity contribution in [2.24, 2.45) is 5.92 Å². The first-order valence-corrected chi connectivity index (χ1v) is 7.05. The molecule has 92 valence electrons. The third-order valence-corrected chi connectivity index (χ3v) is 4.52. The third kappa shape index (κ3) is 2.26. The molecular weight excluding hydrogens is 206 g/mol. The van der Waals surface area contributed by atoms with Crippen molar-refractivity contribution in [3.8, 4) is 0 Å². The maximum absolute atomic E-state index is 2.73. The number of hydrogen-bond donors (Lipinski definition) is 0. The van der Waals surface area contributed by atoms with Gasteiger partial charge < -0.3 is 0 Å². The minimum Gasteiger partial charge on any atom is -0.296 e. The molecule has 0 amide bonds. The Morgan fingerprint density at radius 3 is 3.00 bits per heavy atom. The van der Waals surface area contributed by atoms with Crippen LogP contribution in [0.1, 0.15) is 42.9 Å². The fourth-order valence-corrected chi connectivity index (χ4v) is 3.55. The van der Waals surface area contributed by atoms with Gasteiger partial charge in [0.25, 0.3) is 0 Å². The molecule has 2 aliphatic rings. The van der Waals surface area contributed by atoms with E-state index in [1.165, 1.54) is 44.3 Å². The molecule has 1 fully saturated rings. The zero-order chi connectivity index (χ0) is 11.8. The summed E-state index contributed by atoms with van der Waals surface area (Å²) in [6, 6.07) is 7.83. The van der Waals surface area contributed by atoms with Gasteiger partial charge in [-0.25, -0.2) is 0 Å². The van der Waals surface area contributed by atoms with Gasteiger partial charge in [-0.3, -0.25) is 4.90 Å². The van der Waals surface area contributed by atoms with Gasteiger partial charge in [-0.2, -0.15) is 0 Å². The second-order valence-corrected chi connectivity index (χ2v) is 6.08. The highest BCUT2D eigenvalue weighted by molar-refractivity contribution is 5.34. The monoisotopic (exact) mass is 229 g/mol. The largest absolute Gasteiger partial charge is 0.296 e. The molecule has 0 radical (unpaired) electrons. The first-order chi connectivity index (χ1) is 8.22. The molecule has 0 aliphatic carbocycles. The van der Waals surface area contributed by atoms with E-state index in [1.807, 2.05) is 0 Å². The zero-order valence-electron chi connectivity index (χ0n) is 11.1. The first-order valence-electron chi connectivity index (χ1n) is 7.05. The van der Waals surface area contributed by atoms with E-state index in [2.05, 4.69) is 36.9 Å². The summed E-state index contributed by atoms with van der Waals surface area (Å²) in [7, 11) is 0. The lowest BCUT2D eigenvalue weighted by molar-refractivity contribution is 0.169. The number of fused-ring (bicyclic) bond motifs is 2. The van der Waals surface area contributed by atoms with Gasteiger partial charge in [-0.05, 0) is 56.2 Å². The highest BCUT2D eigenvalue weighted by Crippen LogP contribution is 2.31. The standard InChI is InChI=1S/C16H23N/c1-12-4-3-7-17-11-15-8-13(2)5-6-14(15)10-16(17)9-12/h5-6,8,12,16H,3-4,7,9-11H2,1-2H3. The van der Waals surface area contributed by atoms with E-state index < -0.39 is 0 Å². The fourth-order valence-electron chi connectivity index (χ4n) is 3.55. The van der Waals surface area contributed by atoms with Gasteiger partial charge in [0, 0.05) is 12.6 Å². The average molecular weight is 229 g/mol. The summed E-state index contributed by atoms with van der Waals surface area (Å²) < 4.78 is 0. The molecule has 2 atom stereocenters. The minimum atomic E-state index is 0.808. The molecule has 0 N–H and O–H groups in total. The molecule has 2 unspecified atom stereocenters. The molecule has 2 heterocycles. The molecule has 1 nitrogen and oxygen atoms in total. The van der Waals surface area contributed by atoms with Gasteiger partial charge in [-0.1, -0.05) is 30.7 Å². The molecule has 1 aromatic carbocycles. The number of aryl methyl sites for hydroxylation is 1. The van der Waals surface area contributed by atoms with Crippen LogP contribution in [0.15, 0.2) is 18.2 Å². The van der Waals surface area contributed by atoms with E-state index >= 15 is 0 Å². The topological polar surface area (TPSA) is 3.24 Å². The molecular formula is C16H23N. The van der Waals surface area contributed by atoms with Crippen molar-refractivity contribution in [1.29, 1.82) is 0 Å². The maximum Gasteiger partial charge on any atom is 0.0239 e. The van der Waals surface area contributed by atoms with Crippen LogP contribution >= 0.6 is 0 Å². The molecule has 1 aromatic rings. The van der Waals surface area contributed by atoms with Crippen LogP contribution in [0.5, 0.6) is 0 Å². The zero-order valence-corrected chi connectivity index (χ0v) is 11.1. The van der Waals surface area contributed by atoms with E-state index in [4.69, 9.17) is 0 Å². The van der Waals surface area contributed by atoms with Gasteiger partial charge >= 0.3 is 0 Å². The predicted octanol–water partition coefficient (Wildman–Crippen LogP) is 3.54. The molecule has 1 saturated heterocycles. The van der Waals surface area contributed by atoms with Crippen LogP contribution < -0.4 is 0 Å². The summed E-state index contributed by atoms with van der Waals surface area (Å²) in [5.74, 6) is 0.914. The summed E-state index contributed by atoms with van der Waals surface area (Å²) in [5, 5.41) is 0.